The minimum Gasteiger partial charge on any atom is -0.486 e. The van der Waals surface area contributed by atoms with Crippen LogP contribution in [0.15, 0.2) is 42.6 Å². The Kier molecular flexibility index (Phi) is 5.95. The molecule has 0 radical (unpaired) electrons. The first kappa shape index (κ1) is 20.7. The predicted molar refractivity (Wildman–Crippen MR) is 116 cm³/mol. The van der Waals surface area contributed by atoms with Gasteiger partial charge in [-0.15, -0.1) is 0 Å². The van der Waals surface area contributed by atoms with E-state index in [0.717, 1.165) is 44.5 Å². The Morgan fingerprint density at radius 3 is 2.80 bits per heavy atom. The summed E-state index contributed by atoms with van der Waals surface area (Å²) in [6, 6.07) is 12.1. The van der Waals surface area contributed by atoms with E-state index < -0.39 is 0 Å². The molecule has 0 bridgehead atoms. The summed E-state index contributed by atoms with van der Waals surface area (Å²) < 4.78 is 12.2. The highest BCUT2D eigenvalue weighted by molar-refractivity contribution is 5.96. The number of hydrogen-bond donors (Lipinski definition) is 0. The lowest BCUT2D eigenvalue weighted by molar-refractivity contribution is -0.00848. The molecule has 0 unspecified atom stereocenters. The van der Waals surface area contributed by atoms with E-state index in [1.807, 2.05) is 24.9 Å². The van der Waals surface area contributed by atoms with Crippen molar-refractivity contribution in [1.82, 2.24) is 14.8 Å². The Morgan fingerprint density at radius 1 is 1.27 bits per heavy atom. The monoisotopic (exact) mass is 409 g/mol. The van der Waals surface area contributed by atoms with Gasteiger partial charge in [0, 0.05) is 37.9 Å². The zero-order valence-corrected chi connectivity index (χ0v) is 18.1. The molecule has 1 saturated carbocycles. The van der Waals surface area contributed by atoms with Crippen molar-refractivity contribution in [2.24, 2.45) is 0 Å². The summed E-state index contributed by atoms with van der Waals surface area (Å²) in [5.74, 6) is 1.38. The fourth-order valence-electron chi connectivity index (χ4n) is 4.78. The fraction of sp³-hybridized carbons (Fsp3) is 0.500. The van der Waals surface area contributed by atoms with Gasteiger partial charge in [-0.05, 0) is 57.9 Å². The lowest BCUT2D eigenvalue weighted by Crippen LogP contribution is -2.51. The molecular formula is C24H31N3O3. The Bertz CT molecular complexity index is 893. The number of carbonyl (C=O) groups is 1. The minimum atomic E-state index is -0.188. The van der Waals surface area contributed by atoms with Crippen LogP contribution in [0.1, 0.15) is 48.5 Å². The van der Waals surface area contributed by atoms with Crippen LogP contribution in [0.4, 0.5) is 0 Å². The number of rotatable bonds is 4. The predicted octanol–water partition coefficient (Wildman–Crippen LogP) is 3.76. The average Bonchev–Trinajstić information content (AvgIpc) is 2.89. The number of pyridine rings is 1. The summed E-state index contributed by atoms with van der Waals surface area (Å²) in [6.07, 6.45) is 5.35. The van der Waals surface area contributed by atoms with E-state index >= 15 is 0 Å². The average molecular weight is 410 g/mol. The van der Waals surface area contributed by atoms with Crippen molar-refractivity contribution in [2.45, 2.75) is 50.8 Å². The Labute approximate surface area is 178 Å². The number of fused-ring (bicyclic) bond motifs is 1. The molecular weight excluding hydrogens is 378 g/mol. The second-order valence-corrected chi connectivity index (χ2v) is 8.50. The number of hydrogen-bond acceptors (Lipinski definition) is 5. The number of likely N-dealkylation sites (N-methyl/N-ethyl adjacent to an activating group) is 1. The third kappa shape index (κ3) is 4.15. The zero-order chi connectivity index (χ0) is 21.1. The number of amides is 1. The molecule has 160 valence electrons. The lowest BCUT2D eigenvalue weighted by atomic mass is 9.81. The maximum Gasteiger partial charge on any atom is 0.259 e. The molecule has 6 nitrogen and oxygen atoms in total. The van der Waals surface area contributed by atoms with E-state index in [1.165, 1.54) is 5.56 Å². The summed E-state index contributed by atoms with van der Waals surface area (Å²) in [5.41, 5.74) is 1.58. The number of ether oxygens (including phenoxy) is 2. The van der Waals surface area contributed by atoms with E-state index in [4.69, 9.17) is 9.47 Å². The van der Waals surface area contributed by atoms with Crippen LogP contribution in [-0.2, 0) is 6.54 Å². The van der Waals surface area contributed by atoms with Crippen LogP contribution in [-0.4, -0.2) is 59.6 Å². The second-order valence-electron chi connectivity index (χ2n) is 8.50. The Balaban J connectivity index is 1.46. The van der Waals surface area contributed by atoms with E-state index in [-0.39, 0.29) is 17.6 Å². The molecule has 1 aliphatic carbocycles. The van der Waals surface area contributed by atoms with E-state index in [1.54, 1.807) is 18.3 Å². The standard InChI is InChI=1S/C24H31N3O3/c1-4-29-22-20(9-7-15-25-22)23(28)27(3)19-11-13-24(14-12-19)17-26(2)16-18-8-5-6-10-21(18)30-24/h5-10,15,19H,4,11-14,16-17H2,1-3H3. The summed E-state index contributed by atoms with van der Waals surface area (Å²) in [5, 5.41) is 0. The maximum atomic E-state index is 13.1. The normalized spacial score (nSPS) is 23.9. The highest BCUT2D eigenvalue weighted by Gasteiger charge is 2.42. The van der Waals surface area contributed by atoms with Gasteiger partial charge in [-0.1, -0.05) is 18.2 Å². The molecule has 0 N–H and O–H groups in total. The first-order chi connectivity index (χ1) is 14.5. The summed E-state index contributed by atoms with van der Waals surface area (Å²) >= 11 is 0. The van der Waals surface area contributed by atoms with E-state index in [2.05, 4.69) is 35.1 Å². The van der Waals surface area contributed by atoms with Crippen LogP contribution in [0, 0.1) is 0 Å². The van der Waals surface area contributed by atoms with Crippen molar-refractivity contribution in [3.05, 3.63) is 53.7 Å². The molecule has 2 aromatic rings. The van der Waals surface area contributed by atoms with Crippen LogP contribution >= 0.6 is 0 Å². The van der Waals surface area contributed by atoms with Gasteiger partial charge in [-0.25, -0.2) is 4.98 Å². The van der Waals surface area contributed by atoms with Gasteiger partial charge in [-0.2, -0.15) is 0 Å². The van der Waals surface area contributed by atoms with Gasteiger partial charge in [0.2, 0.25) is 5.88 Å². The number of nitrogens with zero attached hydrogens (tertiary/aromatic N) is 3. The second kappa shape index (κ2) is 8.64. The maximum absolute atomic E-state index is 13.1. The van der Waals surface area contributed by atoms with Crippen molar-refractivity contribution in [3.63, 3.8) is 0 Å². The molecule has 0 saturated heterocycles. The fourth-order valence-corrected chi connectivity index (χ4v) is 4.78. The molecule has 1 amide bonds. The largest absolute Gasteiger partial charge is 0.486 e. The lowest BCUT2D eigenvalue weighted by Gasteiger charge is -2.43. The molecule has 6 heteroatoms. The molecule has 1 aliphatic heterocycles. The van der Waals surface area contributed by atoms with Gasteiger partial charge in [-0.3, -0.25) is 9.69 Å². The number of aromatic nitrogens is 1. The SMILES string of the molecule is CCOc1ncccc1C(=O)N(C)C1CCC2(CC1)CN(C)Cc1ccccc1O2. The molecule has 1 fully saturated rings. The van der Waals surface area contributed by atoms with Crippen LogP contribution in [0.5, 0.6) is 11.6 Å². The van der Waals surface area contributed by atoms with E-state index in [9.17, 15) is 4.79 Å². The van der Waals surface area contributed by atoms with Gasteiger partial charge in [0.1, 0.15) is 16.9 Å². The van der Waals surface area contributed by atoms with Crippen molar-refractivity contribution >= 4 is 5.91 Å². The summed E-state index contributed by atoms with van der Waals surface area (Å²) in [4.78, 5) is 21.6. The zero-order valence-electron chi connectivity index (χ0n) is 18.1. The minimum absolute atomic E-state index is 0.0308. The van der Waals surface area contributed by atoms with Gasteiger partial charge in [0.05, 0.1) is 6.61 Å². The highest BCUT2D eigenvalue weighted by atomic mass is 16.5. The molecule has 30 heavy (non-hydrogen) atoms. The molecule has 1 aromatic heterocycles. The number of carbonyl (C=O) groups excluding carboxylic acids is 1. The Hall–Kier alpha value is -2.60. The number of para-hydroxylation sites is 1. The molecule has 2 aliphatic rings. The van der Waals surface area contributed by atoms with Crippen molar-refractivity contribution in [2.75, 3.05) is 27.2 Å². The third-order valence-corrected chi connectivity index (χ3v) is 6.31. The molecule has 0 atom stereocenters. The first-order valence-electron chi connectivity index (χ1n) is 10.8. The van der Waals surface area contributed by atoms with Gasteiger partial charge >= 0.3 is 0 Å². The third-order valence-electron chi connectivity index (χ3n) is 6.31. The highest BCUT2D eigenvalue weighted by Crippen LogP contribution is 2.39. The van der Waals surface area contributed by atoms with Crippen molar-refractivity contribution in [1.29, 1.82) is 0 Å². The van der Waals surface area contributed by atoms with Crippen molar-refractivity contribution < 1.29 is 14.3 Å². The van der Waals surface area contributed by atoms with Crippen LogP contribution in [0.2, 0.25) is 0 Å². The van der Waals surface area contributed by atoms with Gasteiger partial charge in [0.25, 0.3) is 5.91 Å². The number of benzene rings is 1. The molecule has 1 aromatic carbocycles. The van der Waals surface area contributed by atoms with Crippen LogP contribution < -0.4 is 9.47 Å². The molecule has 4 rings (SSSR count). The van der Waals surface area contributed by atoms with Crippen LogP contribution in [0.25, 0.3) is 0 Å². The van der Waals surface area contributed by atoms with Crippen LogP contribution in [0.3, 0.4) is 0 Å². The van der Waals surface area contributed by atoms with Crippen molar-refractivity contribution in [3.8, 4) is 11.6 Å². The quantitative estimate of drug-likeness (QED) is 0.770. The van der Waals surface area contributed by atoms with E-state index in [0.29, 0.717) is 18.1 Å². The van der Waals surface area contributed by atoms with Gasteiger partial charge in [0.15, 0.2) is 0 Å². The smallest absolute Gasteiger partial charge is 0.259 e. The Morgan fingerprint density at radius 2 is 2.03 bits per heavy atom. The molecule has 1 spiro atoms. The first-order valence-corrected chi connectivity index (χ1v) is 10.8. The topological polar surface area (TPSA) is 54.9 Å². The summed E-state index contributed by atoms with van der Waals surface area (Å²) in [6.45, 7) is 4.19. The molecule has 2 heterocycles. The van der Waals surface area contributed by atoms with Gasteiger partial charge < -0.3 is 14.4 Å². The summed E-state index contributed by atoms with van der Waals surface area (Å²) in [7, 11) is 4.05.